The van der Waals surface area contributed by atoms with Crippen molar-refractivity contribution in [3.05, 3.63) is 21.4 Å². The smallest absolute Gasteiger partial charge is 0.0479 e. The normalized spacial score (nSPS) is 25.1. The summed E-state index contributed by atoms with van der Waals surface area (Å²) >= 11 is 1.90. The van der Waals surface area contributed by atoms with Gasteiger partial charge in [-0.15, -0.1) is 11.3 Å². The van der Waals surface area contributed by atoms with Gasteiger partial charge in [0, 0.05) is 28.8 Å². The first kappa shape index (κ1) is 13.1. The lowest BCUT2D eigenvalue weighted by atomic mass is 9.86. The van der Waals surface area contributed by atoms with Crippen LogP contribution in [0.15, 0.2) is 6.07 Å². The molecule has 3 heteroatoms. The van der Waals surface area contributed by atoms with Crippen LogP contribution in [-0.4, -0.2) is 24.3 Å². The van der Waals surface area contributed by atoms with Gasteiger partial charge < -0.3 is 10.4 Å². The predicted molar refractivity (Wildman–Crippen MR) is 73.9 cm³/mol. The van der Waals surface area contributed by atoms with Crippen LogP contribution in [0.3, 0.4) is 0 Å². The summed E-state index contributed by atoms with van der Waals surface area (Å²) in [6, 6.07) is 3.01. The third kappa shape index (κ3) is 3.09. The third-order valence-corrected chi connectivity index (χ3v) is 5.00. The Kier molecular flexibility index (Phi) is 4.60. The maximum absolute atomic E-state index is 9.17. The van der Waals surface area contributed by atoms with Gasteiger partial charge in [-0.05, 0) is 50.3 Å². The van der Waals surface area contributed by atoms with Crippen LogP contribution in [0.25, 0.3) is 0 Å². The number of nitrogens with one attached hydrogen (secondary N) is 1. The van der Waals surface area contributed by atoms with E-state index in [-0.39, 0.29) is 6.61 Å². The van der Waals surface area contributed by atoms with E-state index in [0.717, 1.165) is 19.4 Å². The molecule has 1 unspecified atom stereocenters. The van der Waals surface area contributed by atoms with Crippen molar-refractivity contribution in [2.24, 2.45) is 0 Å². The SMILES string of the molecule is CCc1cc(C2CCN[C@H](C)C2)c(CCO)s1. The number of thiophene rings is 1. The van der Waals surface area contributed by atoms with Crippen molar-refractivity contribution < 1.29 is 5.11 Å². The highest BCUT2D eigenvalue weighted by Gasteiger charge is 2.23. The van der Waals surface area contributed by atoms with Crippen LogP contribution in [-0.2, 0) is 12.8 Å². The molecule has 2 nitrogen and oxygen atoms in total. The fourth-order valence-electron chi connectivity index (χ4n) is 2.73. The van der Waals surface area contributed by atoms with E-state index < -0.39 is 0 Å². The highest BCUT2D eigenvalue weighted by molar-refractivity contribution is 7.12. The average molecular weight is 253 g/mol. The van der Waals surface area contributed by atoms with Gasteiger partial charge in [0.15, 0.2) is 0 Å². The number of piperidine rings is 1. The molecular formula is C14H23NOS. The zero-order valence-electron chi connectivity index (χ0n) is 10.8. The lowest BCUT2D eigenvalue weighted by Gasteiger charge is -2.28. The number of aryl methyl sites for hydroxylation is 1. The lowest BCUT2D eigenvalue weighted by Crippen LogP contribution is -2.35. The van der Waals surface area contributed by atoms with E-state index in [1.165, 1.54) is 28.2 Å². The topological polar surface area (TPSA) is 32.3 Å². The molecule has 0 aromatic carbocycles. The van der Waals surface area contributed by atoms with Gasteiger partial charge in [0.1, 0.15) is 0 Å². The van der Waals surface area contributed by atoms with Gasteiger partial charge in [0.25, 0.3) is 0 Å². The van der Waals surface area contributed by atoms with Crippen molar-refractivity contribution in [1.29, 1.82) is 0 Å². The van der Waals surface area contributed by atoms with Crippen molar-refractivity contribution in [2.75, 3.05) is 13.2 Å². The molecule has 1 aliphatic rings. The molecule has 2 atom stereocenters. The number of hydrogen-bond acceptors (Lipinski definition) is 3. The van der Waals surface area contributed by atoms with Crippen LogP contribution in [0.2, 0.25) is 0 Å². The van der Waals surface area contributed by atoms with Crippen LogP contribution in [0.1, 0.15) is 47.9 Å². The molecule has 2 rings (SSSR count). The highest BCUT2D eigenvalue weighted by Crippen LogP contribution is 2.35. The molecule has 0 radical (unpaired) electrons. The Morgan fingerprint density at radius 2 is 2.35 bits per heavy atom. The molecule has 17 heavy (non-hydrogen) atoms. The molecule has 1 aromatic rings. The lowest BCUT2D eigenvalue weighted by molar-refractivity contribution is 0.299. The third-order valence-electron chi connectivity index (χ3n) is 3.64. The van der Waals surface area contributed by atoms with Crippen LogP contribution in [0.4, 0.5) is 0 Å². The second kappa shape index (κ2) is 5.98. The van der Waals surface area contributed by atoms with Gasteiger partial charge in [0.2, 0.25) is 0 Å². The first-order valence-corrected chi connectivity index (χ1v) is 7.52. The van der Waals surface area contributed by atoms with Crippen LogP contribution < -0.4 is 5.32 Å². The minimum atomic E-state index is 0.275. The van der Waals surface area contributed by atoms with Gasteiger partial charge >= 0.3 is 0 Å². The van der Waals surface area contributed by atoms with Crippen LogP contribution >= 0.6 is 11.3 Å². The van der Waals surface area contributed by atoms with E-state index in [4.69, 9.17) is 0 Å². The molecule has 2 N–H and O–H groups in total. The predicted octanol–water partition coefficient (Wildman–Crippen LogP) is 2.70. The Morgan fingerprint density at radius 3 is 3.00 bits per heavy atom. The van der Waals surface area contributed by atoms with E-state index in [0.29, 0.717) is 12.0 Å². The van der Waals surface area contributed by atoms with Crippen molar-refractivity contribution in [1.82, 2.24) is 5.32 Å². The quantitative estimate of drug-likeness (QED) is 0.865. The fraction of sp³-hybridized carbons (Fsp3) is 0.714. The van der Waals surface area contributed by atoms with Gasteiger partial charge in [-0.2, -0.15) is 0 Å². The van der Waals surface area contributed by atoms with E-state index in [1.54, 1.807) is 0 Å². The molecule has 0 amide bonds. The number of rotatable bonds is 4. The first-order chi connectivity index (χ1) is 8.24. The fourth-order valence-corrected chi connectivity index (χ4v) is 3.92. The van der Waals surface area contributed by atoms with E-state index in [9.17, 15) is 5.11 Å². The summed E-state index contributed by atoms with van der Waals surface area (Å²) in [5, 5.41) is 12.7. The van der Waals surface area contributed by atoms with Gasteiger partial charge in [-0.25, -0.2) is 0 Å². The Bertz CT molecular complexity index is 361. The zero-order chi connectivity index (χ0) is 12.3. The van der Waals surface area contributed by atoms with Crippen molar-refractivity contribution in [3.63, 3.8) is 0 Å². The molecule has 1 aliphatic heterocycles. The maximum atomic E-state index is 9.17. The molecule has 0 bridgehead atoms. The molecule has 0 aliphatic carbocycles. The van der Waals surface area contributed by atoms with Gasteiger partial charge in [0.05, 0.1) is 0 Å². The van der Waals surface area contributed by atoms with E-state index >= 15 is 0 Å². The Morgan fingerprint density at radius 1 is 1.53 bits per heavy atom. The summed E-state index contributed by atoms with van der Waals surface area (Å²) in [4.78, 5) is 2.89. The van der Waals surface area contributed by atoms with Gasteiger partial charge in [-0.1, -0.05) is 6.92 Å². The summed E-state index contributed by atoms with van der Waals surface area (Å²) in [5.74, 6) is 0.698. The number of aliphatic hydroxyl groups is 1. The van der Waals surface area contributed by atoms with E-state index in [1.807, 2.05) is 11.3 Å². The van der Waals surface area contributed by atoms with Crippen LogP contribution in [0.5, 0.6) is 0 Å². The Balaban J connectivity index is 2.19. The molecule has 96 valence electrons. The Labute approximate surface area is 108 Å². The molecule has 2 heterocycles. The van der Waals surface area contributed by atoms with Crippen molar-refractivity contribution >= 4 is 11.3 Å². The molecular weight excluding hydrogens is 230 g/mol. The highest BCUT2D eigenvalue weighted by atomic mass is 32.1. The molecule has 1 saturated heterocycles. The second-order valence-corrected chi connectivity index (χ2v) is 6.22. The van der Waals surface area contributed by atoms with Crippen molar-refractivity contribution in [2.45, 2.75) is 51.5 Å². The second-order valence-electron chi connectivity index (χ2n) is 4.99. The summed E-state index contributed by atoms with van der Waals surface area (Å²) in [7, 11) is 0. The average Bonchev–Trinajstić information content (AvgIpc) is 2.73. The molecule has 0 saturated carbocycles. The zero-order valence-corrected chi connectivity index (χ0v) is 11.6. The summed E-state index contributed by atoms with van der Waals surface area (Å²) < 4.78 is 0. The Hall–Kier alpha value is -0.380. The minimum Gasteiger partial charge on any atom is -0.396 e. The summed E-state index contributed by atoms with van der Waals surface area (Å²) in [5.41, 5.74) is 1.52. The van der Waals surface area contributed by atoms with Gasteiger partial charge in [-0.3, -0.25) is 0 Å². The molecule has 0 spiro atoms. The van der Waals surface area contributed by atoms with Crippen molar-refractivity contribution in [3.8, 4) is 0 Å². The number of hydrogen-bond donors (Lipinski definition) is 2. The standard InChI is InChI=1S/C14H23NOS/c1-3-12-9-13(14(17-12)5-7-16)11-4-6-15-10(2)8-11/h9-11,15-16H,3-8H2,1-2H3/t10-,11?/m1/s1. The molecule has 1 aromatic heterocycles. The van der Waals surface area contributed by atoms with E-state index in [2.05, 4.69) is 25.2 Å². The maximum Gasteiger partial charge on any atom is 0.0479 e. The molecule has 1 fully saturated rings. The first-order valence-electron chi connectivity index (χ1n) is 6.70. The summed E-state index contributed by atoms with van der Waals surface area (Å²) in [6.07, 6.45) is 4.42. The largest absolute Gasteiger partial charge is 0.396 e. The number of aliphatic hydroxyl groups excluding tert-OH is 1. The monoisotopic (exact) mass is 253 g/mol. The summed E-state index contributed by atoms with van der Waals surface area (Å²) in [6.45, 7) is 5.88. The van der Waals surface area contributed by atoms with Crippen LogP contribution in [0, 0.1) is 0 Å². The minimum absolute atomic E-state index is 0.275.